The molecule has 0 aromatic heterocycles. The summed E-state index contributed by atoms with van der Waals surface area (Å²) in [4.78, 5) is 7.32. The van der Waals surface area contributed by atoms with Crippen LogP contribution >= 0.6 is 0 Å². The lowest BCUT2D eigenvalue weighted by atomic mass is 10.6. The minimum Gasteiger partial charge on any atom is -0.248 e. The number of hydrazine groups is 1. The second-order valence-corrected chi connectivity index (χ2v) is 3.93. The molecule has 0 aromatic rings. The highest BCUT2D eigenvalue weighted by atomic mass is 32.2. The summed E-state index contributed by atoms with van der Waals surface area (Å²) in [7, 11) is -3.81. The number of nitrogens with two attached hydrogens (primary N) is 1. The standard InChI is InChI=1S/C5H7N5O2S/c6-13(11,12)5-7-3-10-4(9-5)1-2-8-10/h1,3,8H,2H2,(H2,6,11,12). The van der Waals surface area contributed by atoms with Crippen LogP contribution in [-0.2, 0) is 10.0 Å². The number of aliphatic imine (C=N–C) groups is 2. The first kappa shape index (κ1) is 8.35. The molecular weight excluding hydrogens is 194 g/mol. The minimum absolute atomic E-state index is 0.362. The van der Waals surface area contributed by atoms with Crippen LogP contribution in [0.5, 0.6) is 0 Å². The molecule has 8 heteroatoms. The van der Waals surface area contributed by atoms with Crippen LogP contribution in [0.2, 0.25) is 0 Å². The van der Waals surface area contributed by atoms with Crippen molar-refractivity contribution in [2.75, 3.05) is 6.54 Å². The Hall–Kier alpha value is -1.25. The summed E-state index contributed by atoms with van der Waals surface area (Å²) in [6, 6.07) is 0. The van der Waals surface area contributed by atoms with Crippen molar-refractivity contribution >= 4 is 21.5 Å². The Labute approximate surface area is 74.7 Å². The van der Waals surface area contributed by atoms with Gasteiger partial charge < -0.3 is 0 Å². The second kappa shape index (κ2) is 2.62. The fraction of sp³-hybridized carbons (Fsp3) is 0.200. The molecular formula is C5H7N5O2S. The van der Waals surface area contributed by atoms with E-state index in [1.54, 1.807) is 6.08 Å². The zero-order valence-electron chi connectivity index (χ0n) is 6.51. The van der Waals surface area contributed by atoms with E-state index in [4.69, 9.17) is 5.14 Å². The van der Waals surface area contributed by atoms with Gasteiger partial charge in [0.2, 0.25) is 0 Å². The molecule has 0 bridgehead atoms. The molecule has 0 amide bonds. The highest BCUT2D eigenvalue weighted by Crippen LogP contribution is 2.11. The number of sulfonamides is 1. The fourth-order valence-corrected chi connectivity index (χ4v) is 1.40. The van der Waals surface area contributed by atoms with E-state index >= 15 is 0 Å². The Balaban J connectivity index is 2.41. The molecule has 0 saturated carbocycles. The van der Waals surface area contributed by atoms with E-state index in [0.29, 0.717) is 12.4 Å². The normalized spacial score (nSPS) is 21.2. The van der Waals surface area contributed by atoms with Crippen LogP contribution in [0, 0.1) is 0 Å². The lowest BCUT2D eigenvalue weighted by Crippen LogP contribution is -2.35. The molecule has 0 aromatic carbocycles. The van der Waals surface area contributed by atoms with Gasteiger partial charge in [0.1, 0.15) is 12.2 Å². The van der Waals surface area contributed by atoms with Crippen LogP contribution in [0.3, 0.4) is 0 Å². The van der Waals surface area contributed by atoms with Crippen molar-refractivity contribution in [3.8, 4) is 0 Å². The molecule has 7 nitrogen and oxygen atoms in total. The zero-order valence-corrected chi connectivity index (χ0v) is 7.32. The van der Waals surface area contributed by atoms with Gasteiger partial charge in [-0.2, -0.15) is 4.99 Å². The van der Waals surface area contributed by atoms with Crippen molar-refractivity contribution in [1.82, 2.24) is 10.4 Å². The summed E-state index contributed by atoms with van der Waals surface area (Å²) in [5.41, 5.74) is 2.88. The number of primary sulfonamides is 1. The van der Waals surface area contributed by atoms with Crippen molar-refractivity contribution in [1.29, 1.82) is 0 Å². The van der Waals surface area contributed by atoms with Crippen molar-refractivity contribution in [2.24, 2.45) is 15.1 Å². The minimum atomic E-state index is -3.81. The average molecular weight is 201 g/mol. The molecule has 2 rings (SSSR count). The average Bonchev–Trinajstić information content (AvgIpc) is 2.47. The first-order valence-corrected chi connectivity index (χ1v) is 5.00. The lowest BCUT2D eigenvalue weighted by molar-refractivity contribution is 0.438. The number of rotatable bonds is 0. The Morgan fingerprint density at radius 2 is 2.38 bits per heavy atom. The van der Waals surface area contributed by atoms with Gasteiger partial charge in [0.15, 0.2) is 0 Å². The van der Waals surface area contributed by atoms with E-state index in [9.17, 15) is 8.42 Å². The van der Waals surface area contributed by atoms with Gasteiger partial charge >= 0.3 is 0 Å². The third-order valence-electron chi connectivity index (χ3n) is 1.54. The summed E-state index contributed by atoms with van der Waals surface area (Å²) < 4.78 is 21.7. The molecule has 2 aliphatic rings. The Kier molecular flexibility index (Phi) is 1.68. The van der Waals surface area contributed by atoms with Crippen LogP contribution in [0.25, 0.3) is 0 Å². The zero-order chi connectivity index (χ0) is 9.47. The van der Waals surface area contributed by atoms with Crippen LogP contribution < -0.4 is 10.6 Å². The van der Waals surface area contributed by atoms with Gasteiger partial charge in [-0.3, -0.25) is 0 Å². The predicted octanol–water partition coefficient (Wildman–Crippen LogP) is -1.67. The summed E-state index contributed by atoms with van der Waals surface area (Å²) >= 11 is 0. The predicted molar refractivity (Wildman–Crippen MR) is 47.0 cm³/mol. The summed E-state index contributed by atoms with van der Waals surface area (Å²) in [5.74, 6) is 0.499. The molecule has 0 atom stereocenters. The molecule has 2 heterocycles. The topological polar surface area (TPSA) is 100 Å². The molecule has 0 saturated heterocycles. The van der Waals surface area contributed by atoms with Crippen molar-refractivity contribution in [3.05, 3.63) is 11.9 Å². The number of amidine groups is 1. The highest BCUT2D eigenvalue weighted by Gasteiger charge is 2.22. The molecule has 0 aliphatic carbocycles. The SMILES string of the molecule is NS(=O)(=O)C1=NC2=CCNN2C=N1. The Morgan fingerprint density at radius 1 is 1.62 bits per heavy atom. The van der Waals surface area contributed by atoms with Crippen molar-refractivity contribution in [2.45, 2.75) is 0 Å². The van der Waals surface area contributed by atoms with Crippen LogP contribution in [0.4, 0.5) is 0 Å². The summed E-state index contributed by atoms with van der Waals surface area (Å²) in [5, 5.41) is 6.01. The van der Waals surface area contributed by atoms with Gasteiger partial charge in [0.05, 0.1) is 0 Å². The first-order valence-electron chi connectivity index (χ1n) is 3.46. The Morgan fingerprint density at radius 3 is 3.08 bits per heavy atom. The maximum Gasteiger partial charge on any atom is 0.273 e. The van der Waals surface area contributed by atoms with Crippen molar-refractivity contribution < 1.29 is 8.42 Å². The van der Waals surface area contributed by atoms with Gasteiger partial charge in [-0.05, 0) is 6.08 Å². The molecule has 0 fully saturated rings. The fourth-order valence-electron chi connectivity index (χ4n) is 0.985. The molecule has 13 heavy (non-hydrogen) atoms. The molecule has 3 N–H and O–H groups in total. The maximum absolute atomic E-state index is 10.8. The van der Waals surface area contributed by atoms with Gasteiger partial charge in [-0.15, -0.1) is 0 Å². The van der Waals surface area contributed by atoms with Crippen LogP contribution in [0.1, 0.15) is 0 Å². The van der Waals surface area contributed by atoms with E-state index in [2.05, 4.69) is 15.4 Å². The third-order valence-corrected chi connectivity index (χ3v) is 2.25. The monoisotopic (exact) mass is 201 g/mol. The quantitative estimate of drug-likeness (QED) is 0.489. The Bertz CT molecular complexity index is 420. The number of hydrogen-bond donors (Lipinski definition) is 2. The molecule has 0 spiro atoms. The first-order chi connectivity index (χ1) is 6.07. The largest absolute Gasteiger partial charge is 0.273 e. The lowest BCUT2D eigenvalue weighted by Gasteiger charge is -2.16. The molecule has 0 unspecified atom stereocenters. The van der Waals surface area contributed by atoms with Gasteiger partial charge in [0, 0.05) is 6.54 Å². The second-order valence-electron chi connectivity index (χ2n) is 2.48. The van der Waals surface area contributed by atoms with Crippen molar-refractivity contribution in [3.63, 3.8) is 0 Å². The number of nitrogens with one attached hydrogen (secondary N) is 1. The number of nitrogens with zero attached hydrogens (tertiary/aromatic N) is 3. The maximum atomic E-state index is 10.8. The summed E-state index contributed by atoms with van der Waals surface area (Å²) in [6.07, 6.45) is 3.06. The molecule has 2 aliphatic heterocycles. The number of fused-ring (bicyclic) bond motifs is 1. The highest BCUT2D eigenvalue weighted by molar-refractivity contribution is 8.04. The van der Waals surface area contributed by atoms with Gasteiger partial charge in [0.25, 0.3) is 15.2 Å². The van der Waals surface area contributed by atoms with Crippen LogP contribution in [0.15, 0.2) is 21.9 Å². The van der Waals surface area contributed by atoms with Crippen LogP contribution in [-0.4, -0.2) is 31.5 Å². The number of hydrogen-bond acceptors (Lipinski definition) is 6. The van der Waals surface area contributed by atoms with Gasteiger partial charge in [-0.25, -0.2) is 29.0 Å². The van der Waals surface area contributed by atoms with E-state index in [-0.39, 0.29) is 5.17 Å². The molecule has 0 radical (unpaired) electrons. The molecule has 70 valence electrons. The van der Waals surface area contributed by atoms with E-state index < -0.39 is 10.0 Å². The van der Waals surface area contributed by atoms with Gasteiger partial charge in [-0.1, -0.05) is 0 Å². The van der Waals surface area contributed by atoms with E-state index in [0.717, 1.165) is 0 Å². The van der Waals surface area contributed by atoms with E-state index in [1.807, 2.05) is 0 Å². The smallest absolute Gasteiger partial charge is 0.248 e. The summed E-state index contributed by atoms with van der Waals surface area (Å²) in [6.45, 7) is 0.600. The van der Waals surface area contributed by atoms with E-state index in [1.165, 1.54) is 11.3 Å². The third kappa shape index (κ3) is 1.46.